The van der Waals surface area contributed by atoms with E-state index in [1.54, 1.807) is 6.07 Å². The number of nitrogen functional groups attached to an aromatic ring is 1. The molecule has 0 aliphatic heterocycles. The molecule has 2 rings (SSSR count). The first-order valence-electron chi connectivity index (χ1n) is 5.26. The Morgan fingerprint density at radius 2 is 1.76 bits per heavy atom. The average molecular weight is 227 g/mol. The number of carbonyl (C=O) groups excluding carboxylic acids is 1. The number of rotatable bonds is 2. The summed E-state index contributed by atoms with van der Waals surface area (Å²) in [6.45, 7) is 0. The predicted octanol–water partition coefficient (Wildman–Crippen LogP) is 2.72. The number of nitrogens with two attached hydrogens (primary N) is 1. The van der Waals surface area contributed by atoms with E-state index in [1.165, 1.54) is 7.11 Å². The molecule has 0 saturated carbocycles. The molecule has 0 aliphatic rings. The number of hydrogen-bond acceptors (Lipinski definition) is 3. The van der Waals surface area contributed by atoms with Crippen LogP contribution < -0.4 is 5.73 Å². The average Bonchev–Trinajstić information content (AvgIpc) is 2.38. The summed E-state index contributed by atoms with van der Waals surface area (Å²) in [7, 11) is 1.35. The molecule has 2 aromatic carbocycles. The van der Waals surface area contributed by atoms with E-state index >= 15 is 0 Å². The number of anilines is 1. The number of hydrogen-bond donors (Lipinski definition) is 1. The zero-order chi connectivity index (χ0) is 12.3. The van der Waals surface area contributed by atoms with Crippen molar-refractivity contribution in [3.05, 3.63) is 54.1 Å². The summed E-state index contributed by atoms with van der Waals surface area (Å²) in [5, 5.41) is 0. The van der Waals surface area contributed by atoms with Crippen molar-refractivity contribution in [3.8, 4) is 11.1 Å². The molecule has 0 radical (unpaired) electrons. The van der Waals surface area contributed by atoms with E-state index < -0.39 is 5.97 Å². The maximum atomic E-state index is 11.7. The van der Waals surface area contributed by atoms with Gasteiger partial charge in [0.25, 0.3) is 0 Å². The van der Waals surface area contributed by atoms with Crippen LogP contribution in [0.4, 0.5) is 5.69 Å². The number of benzene rings is 2. The third-order valence-electron chi connectivity index (χ3n) is 2.57. The molecule has 0 bridgehead atoms. The van der Waals surface area contributed by atoms with Gasteiger partial charge in [0, 0.05) is 5.69 Å². The Bertz CT molecular complexity index is 535. The highest BCUT2D eigenvalue weighted by Crippen LogP contribution is 2.28. The lowest BCUT2D eigenvalue weighted by molar-refractivity contribution is 0.0603. The SMILES string of the molecule is COC(=O)c1c(N)cccc1-c1ccccc1. The van der Waals surface area contributed by atoms with Gasteiger partial charge >= 0.3 is 5.97 Å². The van der Waals surface area contributed by atoms with Gasteiger partial charge in [-0.1, -0.05) is 42.5 Å². The zero-order valence-corrected chi connectivity index (χ0v) is 9.51. The molecule has 0 fully saturated rings. The largest absolute Gasteiger partial charge is 0.465 e. The van der Waals surface area contributed by atoms with Gasteiger partial charge in [0.15, 0.2) is 0 Å². The second-order valence-corrected chi connectivity index (χ2v) is 3.63. The fourth-order valence-corrected chi connectivity index (χ4v) is 1.76. The van der Waals surface area contributed by atoms with Crippen molar-refractivity contribution >= 4 is 11.7 Å². The molecule has 17 heavy (non-hydrogen) atoms. The quantitative estimate of drug-likeness (QED) is 0.634. The van der Waals surface area contributed by atoms with Gasteiger partial charge in [0.05, 0.1) is 12.7 Å². The summed E-state index contributed by atoms with van der Waals surface area (Å²) in [5.41, 5.74) is 8.41. The van der Waals surface area contributed by atoms with Gasteiger partial charge in [-0.2, -0.15) is 0 Å². The molecule has 86 valence electrons. The number of ether oxygens (including phenoxy) is 1. The molecule has 2 N–H and O–H groups in total. The lowest BCUT2D eigenvalue weighted by atomic mass is 9.98. The topological polar surface area (TPSA) is 52.3 Å². The van der Waals surface area contributed by atoms with Crippen LogP contribution in [0.5, 0.6) is 0 Å². The molecule has 3 heteroatoms. The molecule has 0 spiro atoms. The van der Waals surface area contributed by atoms with Crippen LogP contribution in [-0.4, -0.2) is 13.1 Å². The summed E-state index contributed by atoms with van der Waals surface area (Å²) in [5.74, 6) is -0.415. The highest BCUT2D eigenvalue weighted by Gasteiger charge is 2.15. The van der Waals surface area contributed by atoms with Crippen molar-refractivity contribution in [2.75, 3.05) is 12.8 Å². The number of esters is 1. The maximum Gasteiger partial charge on any atom is 0.340 e. The third kappa shape index (κ3) is 2.13. The Morgan fingerprint density at radius 3 is 2.41 bits per heavy atom. The van der Waals surface area contributed by atoms with Crippen molar-refractivity contribution in [1.29, 1.82) is 0 Å². The molecule has 0 unspecified atom stereocenters. The van der Waals surface area contributed by atoms with Gasteiger partial charge in [-0.15, -0.1) is 0 Å². The molecule has 0 saturated heterocycles. The smallest absolute Gasteiger partial charge is 0.340 e. The van der Waals surface area contributed by atoms with Crippen LogP contribution in [0.25, 0.3) is 11.1 Å². The van der Waals surface area contributed by atoms with E-state index in [4.69, 9.17) is 10.5 Å². The van der Waals surface area contributed by atoms with Gasteiger partial charge in [-0.25, -0.2) is 4.79 Å². The van der Waals surface area contributed by atoms with Gasteiger partial charge in [-0.05, 0) is 17.2 Å². The zero-order valence-electron chi connectivity index (χ0n) is 9.51. The van der Waals surface area contributed by atoms with Gasteiger partial charge in [0.2, 0.25) is 0 Å². The first kappa shape index (κ1) is 11.2. The van der Waals surface area contributed by atoms with E-state index in [2.05, 4.69) is 0 Å². The first-order chi connectivity index (χ1) is 8.24. The van der Waals surface area contributed by atoms with Crippen LogP contribution in [0, 0.1) is 0 Å². The van der Waals surface area contributed by atoms with Crippen molar-refractivity contribution in [2.45, 2.75) is 0 Å². The molecule has 0 atom stereocenters. The van der Waals surface area contributed by atoms with Crippen LogP contribution >= 0.6 is 0 Å². The fraction of sp³-hybridized carbons (Fsp3) is 0.0714. The predicted molar refractivity (Wildman–Crippen MR) is 67.6 cm³/mol. The summed E-state index contributed by atoms with van der Waals surface area (Å²) in [6.07, 6.45) is 0. The van der Waals surface area contributed by atoms with Crippen molar-refractivity contribution in [3.63, 3.8) is 0 Å². The fourth-order valence-electron chi connectivity index (χ4n) is 1.76. The highest BCUT2D eigenvalue weighted by atomic mass is 16.5. The summed E-state index contributed by atoms with van der Waals surface area (Å²) in [4.78, 5) is 11.7. The summed E-state index contributed by atoms with van der Waals surface area (Å²) >= 11 is 0. The highest BCUT2D eigenvalue weighted by molar-refractivity contribution is 6.02. The molecule has 0 aromatic heterocycles. The van der Waals surface area contributed by atoms with E-state index in [9.17, 15) is 4.79 Å². The first-order valence-corrected chi connectivity index (χ1v) is 5.26. The monoisotopic (exact) mass is 227 g/mol. The van der Waals surface area contributed by atoms with Gasteiger partial charge in [-0.3, -0.25) is 0 Å². The van der Waals surface area contributed by atoms with Crippen LogP contribution in [0.2, 0.25) is 0 Å². The maximum absolute atomic E-state index is 11.7. The van der Waals surface area contributed by atoms with Crippen molar-refractivity contribution in [2.24, 2.45) is 0 Å². The van der Waals surface area contributed by atoms with Crippen molar-refractivity contribution < 1.29 is 9.53 Å². The number of methoxy groups -OCH3 is 1. The lowest BCUT2D eigenvalue weighted by Gasteiger charge is -2.10. The van der Waals surface area contributed by atoms with Crippen LogP contribution in [0.15, 0.2) is 48.5 Å². The van der Waals surface area contributed by atoms with Gasteiger partial charge < -0.3 is 10.5 Å². The number of carbonyl (C=O) groups is 1. The molecule has 0 heterocycles. The minimum atomic E-state index is -0.415. The molecular formula is C14H13NO2. The standard InChI is InChI=1S/C14H13NO2/c1-17-14(16)13-11(8-5-9-12(13)15)10-6-3-2-4-7-10/h2-9H,15H2,1H3. The van der Waals surface area contributed by atoms with E-state index in [-0.39, 0.29) is 0 Å². The van der Waals surface area contributed by atoms with E-state index in [0.717, 1.165) is 11.1 Å². The van der Waals surface area contributed by atoms with Crippen molar-refractivity contribution in [1.82, 2.24) is 0 Å². The Labute approximate surface area is 99.8 Å². The summed E-state index contributed by atoms with van der Waals surface area (Å²) in [6, 6.07) is 15.0. The van der Waals surface area contributed by atoms with Crippen LogP contribution in [0.3, 0.4) is 0 Å². The van der Waals surface area contributed by atoms with E-state index in [0.29, 0.717) is 11.3 Å². The molecule has 0 amide bonds. The molecular weight excluding hydrogens is 214 g/mol. The normalized spacial score (nSPS) is 9.94. The summed E-state index contributed by atoms with van der Waals surface area (Å²) < 4.78 is 4.76. The van der Waals surface area contributed by atoms with Crippen LogP contribution in [0.1, 0.15) is 10.4 Å². The van der Waals surface area contributed by atoms with E-state index in [1.807, 2.05) is 42.5 Å². The minimum Gasteiger partial charge on any atom is -0.465 e. The Hall–Kier alpha value is -2.29. The lowest BCUT2D eigenvalue weighted by Crippen LogP contribution is -2.07. The molecule has 2 aromatic rings. The second kappa shape index (κ2) is 4.70. The third-order valence-corrected chi connectivity index (χ3v) is 2.57. The second-order valence-electron chi connectivity index (χ2n) is 3.63. The molecule has 0 aliphatic carbocycles. The minimum absolute atomic E-state index is 0.415. The van der Waals surface area contributed by atoms with Crippen LogP contribution in [-0.2, 0) is 4.74 Å². The molecule has 3 nitrogen and oxygen atoms in total. The Kier molecular flexibility index (Phi) is 3.10. The van der Waals surface area contributed by atoms with Gasteiger partial charge in [0.1, 0.15) is 0 Å². The Balaban J connectivity index is 2.62. The Morgan fingerprint density at radius 1 is 1.06 bits per heavy atom.